The van der Waals surface area contributed by atoms with Gasteiger partial charge in [-0.25, -0.2) is 0 Å². The van der Waals surface area contributed by atoms with Crippen LogP contribution in [0.15, 0.2) is 60.8 Å². The van der Waals surface area contributed by atoms with E-state index in [1.54, 1.807) is 10.8 Å². The van der Waals surface area contributed by atoms with Crippen molar-refractivity contribution >= 4 is 29.5 Å². The fourth-order valence-corrected chi connectivity index (χ4v) is 3.40. The van der Waals surface area contributed by atoms with Gasteiger partial charge in [0.05, 0.1) is 13.2 Å². The number of carbonyl (C=O) groups is 1. The van der Waals surface area contributed by atoms with Crippen LogP contribution in [0.2, 0.25) is 0 Å². The minimum Gasteiger partial charge on any atom is -0.378 e. The second kappa shape index (κ2) is 7.77. The first kappa shape index (κ1) is 17.5. The summed E-state index contributed by atoms with van der Waals surface area (Å²) in [6.07, 6.45) is 1.63. The first-order valence-corrected chi connectivity index (χ1v) is 9.23. The van der Waals surface area contributed by atoms with Crippen molar-refractivity contribution in [2.75, 3.05) is 36.5 Å². The van der Waals surface area contributed by atoms with E-state index in [-0.39, 0.29) is 5.91 Å². The molecule has 1 saturated heterocycles. The number of morpholine rings is 1. The number of nitrogens with zero attached hydrogens (tertiary/aromatic N) is 2. The zero-order valence-electron chi connectivity index (χ0n) is 14.7. The Bertz CT molecular complexity index is 973. The van der Waals surface area contributed by atoms with E-state index in [0.29, 0.717) is 10.5 Å². The van der Waals surface area contributed by atoms with Crippen LogP contribution in [-0.4, -0.2) is 41.8 Å². The Labute approximate surface area is 162 Å². The third-order valence-electron chi connectivity index (χ3n) is 4.52. The van der Waals surface area contributed by atoms with Crippen molar-refractivity contribution in [3.8, 4) is 5.69 Å². The van der Waals surface area contributed by atoms with Crippen LogP contribution >= 0.6 is 12.2 Å². The summed E-state index contributed by atoms with van der Waals surface area (Å²) in [6, 6.07) is 17.4. The Kier molecular flexibility index (Phi) is 5.04. The predicted molar refractivity (Wildman–Crippen MR) is 108 cm³/mol. The summed E-state index contributed by atoms with van der Waals surface area (Å²) in [5.74, 6) is -0.217. The second-order valence-corrected chi connectivity index (χ2v) is 6.64. The molecule has 1 aromatic heterocycles. The van der Waals surface area contributed by atoms with E-state index in [1.807, 2.05) is 54.6 Å². The van der Waals surface area contributed by atoms with Crippen LogP contribution in [0, 0.1) is 4.77 Å². The molecule has 7 heteroatoms. The van der Waals surface area contributed by atoms with E-state index in [2.05, 4.69) is 15.2 Å². The van der Waals surface area contributed by atoms with E-state index in [1.165, 1.54) is 0 Å². The van der Waals surface area contributed by atoms with Crippen LogP contribution in [0.3, 0.4) is 0 Å². The number of H-pyrrole nitrogens is 1. The van der Waals surface area contributed by atoms with Gasteiger partial charge in [0, 0.05) is 36.3 Å². The van der Waals surface area contributed by atoms with Crippen molar-refractivity contribution in [3.05, 3.63) is 71.3 Å². The summed E-state index contributed by atoms with van der Waals surface area (Å²) >= 11 is 5.34. The number of ether oxygens (including phenoxy) is 1. The monoisotopic (exact) mass is 380 g/mol. The van der Waals surface area contributed by atoms with Gasteiger partial charge < -0.3 is 19.9 Å². The number of benzene rings is 2. The van der Waals surface area contributed by atoms with Gasteiger partial charge in [0.15, 0.2) is 4.77 Å². The number of imidazole rings is 1. The molecule has 138 valence electrons. The summed E-state index contributed by atoms with van der Waals surface area (Å²) in [6.45, 7) is 3.26. The molecule has 2 heterocycles. The average molecular weight is 380 g/mol. The molecule has 0 atom stereocenters. The van der Waals surface area contributed by atoms with Crippen LogP contribution in [0.4, 0.5) is 11.4 Å². The minimum atomic E-state index is -0.217. The molecule has 6 nitrogen and oxygen atoms in total. The van der Waals surface area contributed by atoms with Crippen molar-refractivity contribution < 1.29 is 9.53 Å². The number of aromatic nitrogens is 2. The normalized spacial score (nSPS) is 14.1. The first-order valence-electron chi connectivity index (χ1n) is 8.82. The maximum atomic E-state index is 12.8. The van der Waals surface area contributed by atoms with E-state index in [9.17, 15) is 4.79 Å². The molecule has 0 spiro atoms. The van der Waals surface area contributed by atoms with Crippen molar-refractivity contribution in [2.24, 2.45) is 0 Å². The zero-order valence-corrected chi connectivity index (χ0v) is 15.5. The Hall–Kier alpha value is -2.90. The lowest BCUT2D eigenvalue weighted by Gasteiger charge is -2.28. The number of hydrogen-bond donors (Lipinski definition) is 2. The van der Waals surface area contributed by atoms with Gasteiger partial charge in [0.2, 0.25) is 0 Å². The molecule has 0 saturated carbocycles. The third kappa shape index (κ3) is 3.79. The molecule has 0 unspecified atom stereocenters. The standard InChI is InChI=1S/C20H20N4O2S/c25-19(18-14-21-20(27)24(18)17-4-2-1-3-5-17)22-15-6-8-16(9-7-15)23-10-12-26-13-11-23/h1-9,14H,10-13H2,(H,21,27)(H,22,25). The molecule has 1 aliphatic heterocycles. The summed E-state index contributed by atoms with van der Waals surface area (Å²) in [7, 11) is 0. The molecule has 4 rings (SSSR count). The highest BCUT2D eigenvalue weighted by Crippen LogP contribution is 2.20. The summed E-state index contributed by atoms with van der Waals surface area (Å²) in [4.78, 5) is 18.0. The molecule has 0 aliphatic carbocycles. The summed E-state index contributed by atoms with van der Waals surface area (Å²) in [5.41, 5.74) is 3.17. The second-order valence-electron chi connectivity index (χ2n) is 6.25. The number of aromatic amines is 1. The quantitative estimate of drug-likeness (QED) is 0.679. The number of carbonyl (C=O) groups excluding carboxylic acids is 1. The Balaban J connectivity index is 1.52. The molecular formula is C20H20N4O2S. The lowest BCUT2D eigenvalue weighted by atomic mass is 10.2. The van der Waals surface area contributed by atoms with Gasteiger partial charge in [-0.05, 0) is 48.6 Å². The highest BCUT2D eigenvalue weighted by molar-refractivity contribution is 7.71. The lowest BCUT2D eigenvalue weighted by molar-refractivity contribution is 0.102. The van der Waals surface area contributed by atoms with Gasteiger partial charge >= 0.3 is 0 Å². The topological polar surface area (TPSA) is 62.3 Å². The van der Waals surface area contributed by atoms with Crippen molar-refractivity contribution in [2.45, 2.75) is 0 Å². The molecule has 1 fully saturated rings. The fraction of sp³-hybridized carbons (Fsp3) is 0.200. The van der Waals surface area contributed by atoms with E-state index >= 15 is 0 Å². The molecule has 2 aromatic carbocycles. The number of rotatable bonds is 4. The summed E-state index contributed by atoms with van der Waals surface area (Å²) < 4.78 is 7.59. The van der Waals surface area contributed by atoms with Gasteiger partial charge in [0.1, 0.15) is 5.69 Å². The predicted octanol–water partition coefficient (Wildman–Crippen LogP) is 3.62. The average Bonchev–Trinajstić information content (AvgIpc) is 3.11. The maximum absolute atomic E-state index is 12.8. The van der Waals surface area contributed by atoms with Gasteiger partial charge in [0.25, 0.3) is 5.91 Å². The Morgan fingerprint density at radius 2 is 1.70 bits per heavy atom. The molecule has 1 amide bonds. The van der Waals surface area contributed by atoms with Gasteiger partial charge in [-0.15, -0.1) is 0 Å². The third-order valence-corrected chi connectivity index (χ3v) is 4.83. The van der Waals surface area contributed by atoms with Crippen LogP contribution in [-0.2, 0) is 4.74 Å². The molecular weight excluding hydrogens is 360 g/mol. The van der Waals surface area contributed by atoms with E-state index in [4.69, 9.17) is 17.0 Å². The Morgan fingerprint density at radius 1 is 1.00 bits per heavy atom. The highest BCUT2D eigenvalue weighted by Gasteiger charge is 2.15. The van der Waals surface area contributed by atoms with Gasteiger partial charge in [-0.1, -0.05) is 18.2 Å². The first-order chi connectivity index (χ1) is 13.2. The lowest BCUT2D eigenvalue weighted by Crippen LogP contribution is -2.36. The van der Waals surface area contributed by atoms with Gasteiger partial charge in [-0.2, -0.15) is 0 Å². The molecule has 0 radical (unpaired) electrons. The van der Waals surface area contributed by atoms with Crippen molar-refractivity contribution in [1.29, 1.82) is 0 Å². The van der Waals surface area contributed by atoms with E-state index < -0.39 is 0 Å². The maximum Gasteiger partial charge on any atom is 0.274 e. The smallest absolute Gasteiger partial charge is 0.274 e. The fourth-order valence-electron chi connectivity index (χ4n) is 3.14. The van der Waals surface area contributed by atoms with Gasteiger partial charge in [-0.3, -0.25) is 9.36 Å². The SMILES string of the molecule is O=C(Nc1ccc(N2CCOCC2)cc1)c1c[nH]c(=S)n1-c1ccccc1. The molecule has 0 bridgehead atoms. The van der Waals surface area contributed by atoms with Crippen LogP contribution in [0.25, 0.3) is 5.69 Å². The number of hydrogen-bond acceptors (Lipinski definition) is 4. The highest BCUT2D eigenvalue weighted by atomic mass is 32.1. The van der Waals surface area contributed by atoms with Crippen molar-refractivity contribution in [3.63, 3.8) is 0 Å². The minimum absolute atomic E-state index is 0.217. The number of nitrogens with one attached hydrogen (secondary N) is 2. The number of anilines is 2. The largest absolute Gasteiger partial charge is 0.378 e. The van der Waals surface area contributed by atoms with Crippen LogP contribution in [0.1, 0.15) is 10.5 Å². The van der Waals surface area contributed by atoms with Crippen LogP contribution in [0.5, 0.6) is 0 Å². The molecule has 3 aromatic rings. The van der Waals surface area contributed by atoms with Crippen LogP contribution < -0.4 is 10.2 Å². The Morgan fingerprint density at radius 3 is 2.41 bits per heavy atom. The summed E-state index contributed by atoms with van der Waals surface area (Å²) in [5, 5.41) is 2.94. The zero-order chi connectivity index (χ0) is 18.6. The van der Waals surface area contributed by atoms with Crippen molar-refractivity contribution in [1.82, 2.24) is 9.55 Å². The molecule has 2 N–H and O–H groups in total. The molecule has 1 aliphatic rings. The number of amides is 1. The van der Waals surface area contributed by atoms with E-state index in [0.717, 1.165) is 43.4 Å². The molecule has 27 heavy (non-hydrogen) atoms. The number of para-hydroxylation sites is 1.